The molecule has 0 radical (unpaired) electrons. The Hall–Kier alpha value is -3.05. The number of nitrogens with two attached hydrogens (primary N) is 1. The van der Waals surface area contributed by atoms with E-state index in [-0.39, 0.29) is 24.0 Å². The number of nitrogens with one attached hydrogen (secondary N) is 4. The number of carbonyl (C=O) groups is 4. The van der Waals surface area contributed by atoms with Gasteiger partial charge in [-0.25, -0.2) is 4.79 Å². The summed E-state index contributed by atoms with van der Waals surface area (Å²) in [5.74, 6) is -3.23. The standard InChI is InChI=1S/C26H39N5O5S/c1-5-14(3)21(31-25(34)22(15(4)6-2)30-23(32)18(27)13-37)24(33)29-20(26(35)36)11-16-12-28-19-10-8-7-9-17(16)19/h7-10,12,14-15,18,20-22,28,37H,5-6,11,13,27H2,1-4H3,(H,29,33)(H,30,32)(H,31,34)(H,35,36). The number of thiol groups is 1. The number of carboxylic acids is 1. The van der Waals surface area contributed by atoms with Crippen LogP contribution in [0.2, 0.25) is 0 Å². The molecule has 37 heavy (non-hydrogen) atoms. The van der Waals surface area contributed by atoms with E-state index in [0.717, 1.165) is 16.5 Å². The van der Waals surface area contributed by atoms with E-state index in [1.165, 1.54) is 0 Å². The molecule has 7 N–H and O–H groups in total. The lowest BCUT2D eigenvalue weighted by Crippen LogP contribution is -2.60. The van der Waals surface area contributed by atoms with Crippen LogP contribution in [0.15, 0.2) is 30.5 Å². The van der Waals surface area contributed by atoms with Crippen molar-refractivity contribution in [2.24, 2.45) is 17.6 Å². The first-order valence-electron chi connectivity index (χ1n) is 12.6. The minimum atomic E-state index is -1.20. The Morgan fingerprint density at radius 2 is 1.49 bits per heavy atom. The number of aromatic nitrogens is 1. The number of fused-ring (bicyclic) bond motifs is 1. The molecule has 11 heteroatoms. The number of para-hydroxylation sites is 1. The molecule has 0 bridgehead atoms. The second-order valence-electron chi connectivity index (χ2n) is 9.50. The SMILES string of the molecule is CCC(C)C(NC(=O)C(N)CS)C(=O)NC(C(=O)NC(Cc1c[nH]c2ccccc12)C(=O)O)C(C)CC. The van der Waals surface area contributed by atoms with Gasteiger partial charge < -0.3 is 31.8 Å². The largest absolute Gasteiger partial charge is 0.480 e. The monoisotopic (exact) mass is 533 g/mol. The third-order valence-corrected chi connectivity index (χ3v) is 7.23. The molecule has 204 valence electrons. The first kappa shape index (κ1) is 30.2. The number of hydrogen-bond acceptors (Lipinski definition) is 6. The van der Waals surface area contributed by atoms with Crippen LogP contribution in [0.25, 0.3) is 10.9 Å². The zero-order valence-electron chi connectivity index (χ0n) is 21.8. The molecule has 1 aromatic carbocycles. The predicted octanol–water partition coefficient (Wildman–Crippen LogP) is 1.60. The van der Waals surface area contributed by atoms with Gasteiger partial charge in [-0.2, -0.15) is 12.6 Å². The van der Waals surface area contributed by atoms with Gasteiger partial charge >= 0.3 is 5.97 Å². The molecule has 1 heterocycles. The fourth-order valence-corrected chi connectivity index (χ4v) is 4.14. The minimum absolute atomic E-state index is 0.0689. The number of amides is 3. The highest BCUT2D eigenvalue weighted by molar-refractivity contribution is 7.80. The molecule has 0 aliphatic carbocycles. The zero-order valence-corrected chi connectivity index (χ0v) is 22.7. The van der Waals surface area contributed by atoms with Crippen molar-refractivity contribution in [3.63, 3.8) is 0 Å². The zero-order chi connectivity index (χ0) is 27.7. The van der Waals surface area contributed by atoms with Gasteiger partial charge in [0.1, 0.15) is 18.1 Å². The molecule has 0 aliphatic rings. The first-order chi connectivity index (χ1) is 17.5. The third-order valence-electron chi connectivity index (χ3n) is 6.83. The summed E-state index contributed by atoms with van der Waals surface area (Å²) in [5, 5.41) is 18.7. The highest BCUT2D eigenvalue weighted by Crippen LogP contribution is 2.20. The molecule has 6 atom stereocenters. The molecule has 2 rings (SSSR count). The molecule has 3 amide bonds. The second-order valence-corrected chi connectivity index (χ2v) is 9.86. The summed E-state index contributed by atoms with van der Waals surface area (Å²) in [6, 6.07) is 3.52. The Morgan fingerprint density at radius 3 is 2.03 bits per heavy atom. The Kier molecular flexibility index (Phi) is 11.4. The van der Waals surface area contributed by atoms with Crippen molar-refractivity contribution in [2.45, 2.75) is 71.1 Å². The van der Waals surface area contributed by atoms with Crippen molar-refractivity contribution in [3.05, 3.63) is 36.0 Å². The minimum Gasteiger partial charge on any atom is -0.480 e. The molecule has 6 unspecified atom stereocenters. The van der Waals surface area contributed by atoms with Crippen molar-refractivity contribution in [3.8, 4) is 0 Å². The van der Waals surface area contributed by atoms with Gasteiger partial charge in [0.2, 0.25) is 17.7 Å². The smallest absolute Gasteiger partial charge is 0.326 e. The van der Waals surface area contributed by atoms with Gasteiger partial charge in [0, 0.05) is 29.3 Å². The van der Waals surface area contributed by atoms with Gasteiger partial charge in [0.15, 0.2) is 0 Å². The van der Waals surface area contributed by atoms with Gasteiger partial charge in [-0.1, -0.05) is 58.7 Å². The van der Waals surface area contributed by atoms with Gasteiger partial charge in [-0.15, -0.1) is 0 Å². The van der Waals surface area contributed by atoms with Crippen LogP contribution >= 0.6 is 12.6 Å². The number of carboxylic acid groups (broad SMARTS) is 1. The normalized spacial score (nSPS) is 16.2. The Balaban J connectivity index is 2.22. The molecule has 10 nitrogen and oxygen atoms in total. The lowest BCUT2D eigenvalue weighted by atomic mass is 9.94. The Labute approximate surface area is 222 Å². The van der Waals surface area contributed by atoms with Crippen molar-refractivity contribution >= 4 is 47.2 Å². The van der Waals surface area contributed by atoms with Crippen LogP contribution in [0.3, 0.4) is 0 Å². The van der Waals surface area contributed by atoms with Crippen LogP contribution in [0.5, 0.6) is 0 Å². The van der Waals surface area contributed by atoms with Crippen LogP contribution in [-0.4, -0.2) is 63.7 Å². The number of H-pyrrole nitrogens is 1. The predicted molar refractivity (Wildman–Crippen MR) is 146 cm³/mol. The summed E-state index contributed by atoms with van der Waals surface area (Å²) in [5.41, 5.74) is 7.38. The summed E-state index contributed by atoms with van der Waals surface area (Å²) in [6.07, 6.45) is 2.96. The number of aromatic amines is 1. The van der Waals surface area contributed by atoms with Gasteiger partial charge in [0.25, 0.3) is 0 Å². The summed E-state index contributed by atoms with van der Waals surface area (Å²) >= 11 is 4.04. The molecule has 0 saturated heterocycles. The number of benzene rings is 1. The van der Waals surface area contributed by atoms with Crippen molar-refractivity contribution < 1.29 is 24.3 Å². The third kappa shape index (κ3) is 7.96. The summed E-state index contributed by atoms with van der Waals surface area (Å²) in [4.78, 5) is 54.1. The first-order valence-corrected chi connectivity index (χ1v) is 13.2. The molecule has 1 aromatic heterocycles. The van der Waals surface area contributed by atoms with Crippen LogP contribution in [0, 0.1) is 11.8 Å². The second kappa shape index (κ2) is 14.0. The molecule has 0 fully saturated rings. The molecular formula is C26H39N5O5S. The van der Waals surface area contributed by atoms with Crippen LogP contribution in [0.4, 0.5) is 0 Å². The highest BCUT2D eigenvalue weighted by atomic mass is 32.1. The van der Waals surface area contributed by atoms with E-state index in [9.17, 15) is 24.3 Å². The van der Waals surface area contributed by atoms with E-state index >= 15 is 0 Å². The molecule has 0 saturated carbocycles. The Morgan fingerprint density at radius 1 is 0.946 bits per heavy atom. The van der Waals surface area contributed by atoms with E-state index in [1.807, 2.05) is 45.0 Å². The Bertz CT molecular complexity index is 1090. The van der Waals surface area contributed by atoms with Crippen LogP contribution in [0.1, 0.15) is 46.1 Å². The van der Waals surface area contributed by atoms with Gasteiger partial charge in [-0.3, -0.25) is 14.4 Å². The number of hydrogen-bond donors (Lipinski definition) is 7. The number of aliphatic carboxylic acids is 1. The summed E-state index contributed by atoms with van der Waals surface area (Å²) < 4.78 is 0. The van der Waals surface area contributed by atoms with Gasteiger partial charge in [0.05, 0.1) is 6.04 Å². The van der Waals surface area contributed by atoms with E-state index in [1.54, 1.807) is 13.1 Å². The van der Waals surface area contributed by atoms with Crippen molar-refractivity contribution in [1.82, 2.24) is 20.9 Å². The lowest BCUT2D eigenvalue weighted by Gasteiger charge is -2.30. The number of rotatable bonds is 14. The fraction of sp³-hybridized carbons (Fsp3) is 0.538. The molecular weight excluding hydrogens is 494 g/mol. The summed E-state index contributed by atoms with van der Waals surface area (Å²) in [6.45, 7) is 7.37. The van der Waals surface area contributed by atoms with Gasteiger partial charge in [-0.05, 0) is 23.5 Å². The molecule has 0 spiro atoms. The quantitative estimate of drug-likeness (QED) is 0.182. The van der Waals surface area contributed by atoms with Crippen LogP contribution < -0.4 is 21.7 Å². The van der Waals surface area contributed by atoms with E-state index in [2.05, 4.69) is 33.6 Å². The maximum absolute atomic E-state index is 13.3. The lowest BCUT2D eigenvalue weighted by molar-refractivity contribution is -0.142. The molecule has 2 aromatic rings. The highest BCUT2D eigenvalue weighted by Gasteiger charge is 2.34. The maximum atomic E-state index is 13.3. The summed E-state index contributed by atoms with van der Waals surface area (Å²) in [7, 11) is 0. The number of carbonyl (C=O) groups excluding carboxylic acids is 3. The fourth-order valence-electron chi connectivity index (χ4n) is 3.97. The molecule has 0 aliphatic heterocycles. The van der Waals surface area contributed by atoms with Crippen molar-refractivity contribution in [2.75, 3.05) is 5.75 Å². The maximum Gasteiger partial charge on any atom is 0.326 e. The van der Waals surface area contributed by atoms with E-state index < -0.39 is 47.9 Å². The van der Waals surface area contributed by atoms with E-state index in [0.29, 0.717) is 12.8 Å². The average Bonchev–Trinajstić information content (AvgIpc) is 3.30. The topological polar surface area (TPSA) is 166 Å². The van der Waals surface area contributed by atoms with E-state index in [4.69, 9.17) is 5.73 Å². The van der Waals surface area contributed by atoms with Crippen molar-refractivity contribution in [1.29, 1.82) is 0 Å². The van der Waals surface area contributed by atoms with Crippen LogP contribution in [-0.2, 0) is 25.6 Å². The average molecular weight is 534 g/mol.